The smallest absolute Gasteiger partial charge is 0.212 e. The molecule has 0 radical (unpaired) electrons. The second kappa shape index (κ2) is 28.3. The maximum atomic E-state index is 4.79. The summed E-state index contributed by atoms with van der Waals surface area (Å²) < 4.78 is 9.06. The van der Waals surface area contributed by atoms with Crippen LogP contribution in [-0.4, -0.2) is 19.9 Å². The number of rotatable bonds is 7. The average Bonchev–Trinajstić information content (AvgIpc) is 1.60. The molecule has 528 valence electrons. The Morgan fingerprint density at radius 3 is 0.913 bits per heavy atom. The summed E-state index contributed by atoms with van der Waals surface area (Å²) in [6.07, 6.45) is 13.9. The van der Waals surface area contributed by atoms with Crippen LogP contribution in [0.3, 0.4) is 0 Å². The molecule has 0 bridgehead atoms. The highest BCUT2D eigenvalue weighted by Gasteiger charge is 2.31. The summed E-state index contributed by atoms with van der Waals surface area (Å²) in [5, 5.41) is 0. The number of pyridine rings is 8. The SMILES string of the molecule is Cc1ccc2c(n1)Cc1c-2ccc(-c2cc(C(C)C)c(C)c[n+]2C)c1C.Cc1ccc2c(n1)Cc1c-2ccc(-c2cc(C)c(C(C)C)c[n+]2C)c1C.Cc1ccc2c(n1)Cc1c-2ccc(-c2cc(C)c(C)c[n+]2C)c1C.Cc1ccc2c(n1)Cc1c-2ccc(-c2cc(CC(C)(C)C)c(C)c[n+]2C)c1C. The molecule has 0 fully saturated rings. The van der Waals surface area contributed by atoms with Gasteiger partial charge in [-0.25, -0.2) is 18.3 Å². The van der Waals surface area contributed by atoms with Gasteiger partial charge in [-0.2, -0.15) is 0 Å². The molecule has 16 rings (SSSR count). The lowest BCUT2D eigenvalue weighted by molar-refractivity contribution is -0.661. The second-order valence-corrected chi connectivity index (χ2v) is 32.5. The number of hydrogen-bond donors (Lipinski definition) is 0. The van der Waals surface area contributed by atoms with Crippen molar-refractivity contribution >= 4 is 0 Å². The molecule has 8 aromatic heterocycles. The van der Waals surface area contributed by atoms with Crippen molar-refractivity contribution in [2.45, 2.75) is 182 Å². The Morgan fingerprint density at radius 1 is 0.298 bits per heavy atom. The summed E-state index contributed by atoms with van der Waals surface area (Å²) in [4.78, 5) is 19.1. The number of aromatic nitrogens is 8. The van der Waals surface area contributed by atoms with Gasteiger partial charge in [-0.15, -0.1) is 0 Å². The van der Waals surface area contributed by atoms with Gasteiger partial charge in [0.05, 0.1) is 22.8 Å². The minimum absolute atomic E-state index is 0.278. The van der Waals surface area contributed by atoms with Crippen molar-refractivity contribution in [2.24, 2.45) is 33.6 Å². The molecule has 4 aliphatic carbocycles. The molecule has 12 aromatic rings. The van der Waals surface area contributed by atoms with Crippen molar-refractivity contribution in [3.05, 3.63) is 281 Å². The Morgan fingerprint density at radius 2 is 0.577 bits per heavy atom. The van der Waals surface area contributed by atoms with Crippen LogP contribution in [0.5, 0.6) is 0 Å². The van der Waals surface area contributed by atoms with Crippen LogP contribution in [0, 0.1) is 95.4 Å². The third kappa shape index (κ3) is 13.8. The fraction of sp³-hybridized carbons (Fsp3) is 0.333. The average molecular weight is 1370 g/mol. The van der Waals surface area contributed by atoms with Gasteiger partial charge in [0.15, 0.2) is 24.8 Å². The first-order valence-electron chi connectivity index (χ1n) is 37.7. The zero-order valence-corrected chi connectivity index (χ0v) is 66.6. The molecule has 4 aliphatic rings. The van der Waals surface area contributed by atoms with Gasteiger partial charge in [0, 0.05) is 139 Å². The molecule has 8 heterocycles. The summed E-state index contributed by atoms with van der Waals surface area (Å²) in [6.45, 7) is 44.3. The van der Waals surface area contributed by atoms with Crippen molar-refractivity contribution in [1.82, 2.24) is 19.9 Å². The van der Waals surface area contributed by atoms with E-state index in [1.165, 1.54) is 201 Å². The molecule has 0 N–H and O–H groups in total. The Labute approximate surface area is 620 Å². The molecule has 0 spiro atoms. The quantitative estimate of drug-likeness (QED) is 0.149. The van der Waals surface area contributed by atoms with Crippen molar-refractivity contribution < 1.29 is 18.3 Å². The van der Waals surface area contributed by atoms with E-state index in [4.69, 9.17) is 19.9 Å². The lowest BCUT2D eigenvalue weighted by atomic mass is 9.86. The molecule has 104 heavy (non-hydrogen) atoms. The largest absolute Gasteiger partial charge is 0.257 e. The lowest BCUT2D eigenvalue weighted by Gasteiger charge is -2.20. The zero-order valence-electron chi connectivity index (χ0n) is 66.6. The third-order valence-electron chi connectivity index (χ3n) is 22.8. The Balaban J connectivity index is 0.000000123. The van der Waals surface area contributed by atoms with Crippen molar-refractivity contribution in [3.63, 3.8) is 0 Å². The van der Waals surface area contributed by atoms with Crippen molar-refractivity contribution in [1.29, 1.82) is 0 Å². The fourth-order valence-corrected chi connectivity index (χ4v) is 17.0. The summed E-state index contributed by atoms with van der Waals surface area (Å²) in [5.74, 6) is 1.07. The first-order valence-corrected chi connectivity index (χ1v) is 37.7. The first-order chi connectivity index (χ1) is 49.3. The van der Waals surface area contributed by atoms with Crippen LogP contribution in [0.2, 0.25) is 0 Å². The number of fused-ring (bicyclic) bond motifs is 12. The normalized spacial score (nSPS) is 12.5. The monoisotopic (exact) mass is 1370 g/mol. The highest BCUT2D eigenvalue weighted by molar-refractivity contribution is 5.85. The van der Waals surface area contributed by atoms with Gasteiger partial charge < -0.3 is 0 Å². The maximum absolute atomic E-state index is 4.79. The Hall–Kier alpha value is -9.92. The maximum Gasteiger partial charge on any atom is 0.212 e. The van der Waals surface area contributed by atoms with Gasteiger partial charge in [-0.1, -0.05) is 97.0 Å². The van der Waals surface area contributed by atoms with Gasteiger partial charge in [-0.05, 0) is 251 Å². The molecule has 8 heteroatoms. The van der Waals surface area contributed by atoms with Crippen LogP contribution >= 0.6 is 0 Å². The van der Waals surface area contributed by atoms with E-state index < -0.39 is 0 Å². The highest BCUT2D eigenvalue weighted by Crippen LogP contribution is 2.45. The summed E-state index contributed by atoms with van der Waals surface area (Å²) >= 11 is 0. The highest BCUT2D eigenvalue weighted by atomic mass is 14.9. The summed E-state index contributed by atoms with van der Waals surface area (Å²) in [7, 11) is 8.61. The van der Waals surface area contributed by atoms with E-state index in [1.54, 1.807) is 0 Å². The van der Waals surface area contributed by atoms with E-state index in [1.807, 2.05) is 0 Å². The van der Waals surface area contributed by atoms with Crippen LogP contribution in [-0.2, 0) is 60.3 Å². The Kier molecular flexibility index (Phi) is 19.7. The number of benzene rings is 4. The predicted molar refractivity (Wildman–Crippen MR) is 429 cm³/mol. The van der Waals surface area contributed by atoms with Gasteiger partial charge in [0.25, 0.3) is 0 Å². The molecule has 0 saturated carbocycles. The molecule has 0 amide bonds. The Bertz CT molecular complexity index is 5480. The second-order valence-electron chi connectivity index (χ2n) is 32.5. The van der Waals surface area contributed by atoms with Crippen LogP contribution in [0.15, 0.2) is 146 Å². The number of aryl methyl sites for hydroxylation is 13. The molecule has 4 aromatic carbocycles. The predicted octanol–water partition coefficient (Wildman–Crippen LogP) is 20.4. The summed E-state index contributed by atoms with van der Waals surface area (Å²) in [5.41, 5.74) is 52.9. The van der Waals surface area contributed by atoms with E-state index in [0.29, 0.717) is 11.8 Å². The van der Waals surface area contributed by atoms with E-state index >= 15 is 0 Å². The third-order valence-corrected chi connectivity index (χ3v) is 22.8. The van der Waals surface area contributed by atoms with Gasteiger partial charge in [0.1, 0.15) is 28.2 Å². The van der Waals surface area contributed by atoms with E-state index in [-0.39, 0.29) is 5.41 Å². The number of hydrogen-bond acceptors (Lipinski definition) is 4. The first kappa shape index (κ1) is 72.4. The lowest BCUT2D eigenvalue weighted by Crippen LogP contribution is -2.32. The van der Waals surface area contributed by atoms with Gasteiger partial charge >= 0.3 is 0 Å². The van der Waals surface area contributed by atoms with Gasteiger partial charge in [-0.3, -0.25) is 19.9 Å². The van der Waals surface area contributed by atoms with Crippen molar-refractivity contribution in [2.75, 3.05) is 0 Å². The van der Waals surface area contributed by atoms with Crippen LogP contribution < -0.4 is 18.3 Å². The van der Waals surface area contributed by atoms with E-state index in [9.17, 15) is 0 Å². The molecule has 0 unspecified atom stereocenters. The topological polar surface area (TPSA) is 67.1 Å². The van der Waals surface area contributed by atoms with Crippen molar-refractivity contribution in [3.8, 4) is 89.5 Å². The van der Waals surface area contributed by atoms with Gasteiger partial charge in [0.2, 0.25) is 22.8 Å². The fourth-order valence-electron chi connectivity index (χ4n) is 17.0. The number of nitrogens with zero attached hydrogens (tertiary/aromatic N) is 8. The van der Waals surface area contributed by atoms with E-state index in [0.717, 1.165) is 54.9 Å². The molecule has 0 saturated heterocycles. The van der Waals surface area contributed by atoms with Crippen LogP contribution in [0.25, 0.3) is 89.5 Å². The minimum Gasteiger partial charge on any atom is -0.257 e. The molecular weight excluding hydrogens is 1270 g/mol. The summed E-state index contributed by atoms with van der Waals surface area (Å²) in [6, 6.07) is 45.1. The minimum atomic E-state index is 0.278. The molecular formula is C96H108N8+4. The molecule has 0 aliphatic heterocycles. The van der Waals surface area contributed by atoms with E-state index in [2.05, 4.69) is 331 Å². The van der Waals surface area contributed by atoms with Crippen LogP contribution in [0.4, 0.5) is 0 Å². The zero-order chi connectivity index (χ0) is 74.4. The molecule has 8 nitrogen and oxygen atoms in total. The molecule has 0 atom stereocenters. The van der Waals surface area contributed by atoms with Crippen LogP contribution in [0.1, 0.15) is 195 Å². The standard InChI is InChI=1S/C26H31N2.2C24H27N2.C22H23N2/c1-16-15-28(7)25(12-19(16)14-26(4,5)6)20-10-11-21-22-9-8-17(2)27-24(22)13-23(21)18(20)3;1-14(2)21-12-24(26(6)13-15(21)3)18-9-10-19-20-8-7-16(4)25-23(20)11-22(19)17(18)5;1-14(2)22-13-26(6)24(11-15(22)3)18-9-10-19-20-8-7-16(4)25-23(20)12-21(19)17(18)5;1-13-10-22(24(5)12-14(13)2)17-8-9-18-19-7-6-15(3)23-21(19)11-20(18)16(17)4/h8-12,15H,13-14H2,1-7H3;7-10,12-14H,11H2,1-6H3;7-11,13-14H,12H2,1-6H3;6-10,12H,11H2,1-5H3/q4*+1.